The van der Waals surface area contributed by atoms with Gasteiger partial charge >= 0.3 is 0 Å². The summed E-state index contributed by atoms with van der Waals surface area (Å²) in [6.45, 7) is 11.0. The van der Waals surface area contributed by atoms with E-state index in [9.17, 15) is 5.11 Å². The van der Waals surface area contributed by atoms with E-state index in [1.165, 1.54) is 32.5 Å². The van der Waals surface area contributed by atoms with Crippen molar-refractivity contribution < 1.29 is 5.11 Å². The number of aliphatic hydroxyl groups is 1. The van der Waals surface area contributed by atoms with E-state index in [4.69, 9.17) is 0 Å². The van der Waals surface area contributed by atoms with E-state index < -0.39 is 0 Å². The van der Waals surface area contributed by atoms with Crippen molar-refractivity contribution in [2.45, 2.75) is 32.8 Å². The summed E-state index contributed by atoms with van der Waals surface area (Å²) in [6, 6.07) is 0. The minimum Gasteiger partial charge on any atom is -0.392 e. The average molecular weight is 226 g/mol. The van der Waals surface area contributed by atoms with E-state index >= 15 is 0 Å². The van der Waals surface area contributed by atoms with Crippen LogP contribution in [0.1, 0.15) is 26.7 Å². The topological polar surface area (TPSA) is 26.7 Å². The van der Waals surface area contributed by atoms with Gasteiger partial charge in [-0.15, -0.1) is 0 Å². The Labute approximate surface area is 99.4 Å². The van der Waals surface area contributed by atoms with Crippen LogP contribution in [0.2, 0.25) is 0 Å². The number of rotatable bonds is 5. The Kier molecular flexibility index (Phi) is 4.22. The van der Waals surface area contributed by atoms with Gasteiger partial charge in [0.2, 0.25) is 0 Å². The zero-order valence-electron chi connectivity index (χ0n) is 10.7. The third kappa shape index (κ3) is 3.72. The number of aliphatic hydroxyl groups excluding tert-OH is 1. The van der Waals surface area contributed by atoms with Crippen molar-refractivity contribution in [1.29, 1.82) is 0 Å². The van der Waals surface area contributed by atoms with Crippen LogP contribution in [0.25, 0.3) is 0 Å². The van der Waals surface area contributed by atoms with Crippen LogP contribution in [0.3, 0.4) is 0 Å². The van der Waals surface area contributed by atoms with Crippen molar-refractivity contribution in [2.75, 3.05) is 39.3 Å². The smallest absolute Gasteiger partial charge is 0.0689 e. The Morgan fingerprint density at radius 3 is 2.12 bits per heavy atom. The molecule has 0 aromatic carbocycles. The molecule has 0 spiro atoms. The minimum absolute atomic E-state index is 0.157. The number of piperazine rings is 1. The highest BCUT2D eigenvalue weighted by molar-refractivity contribution is 4.81. The molecule has 16 heavy (non-hydrogen) atoms. The molecular weight excluding hydrogens is 200 g/mol. The predicted octanol–water partition coefficient (Wildman–Crippen LogP) is 1.03. The summed E-state index contributed by atoms with van der Waals surface area (Å²) in [5.41, 5.74) is 0. The lowest BCUT2D eigenvalue weighted by Crippen LogP contribution is -2.49. The van der Waals surface area contributed by atoms with Crippen molar-refractivity contribution in [1.82, 2.24) is 9.80 Å². The summed E-state index contributed by atoms with van der Waals surface area (Å²) in [5.74, 6) is 1.39. The van der Waals surface area contributed by atoms with Gasteiger partial charge < -0.3 is 10.0 Å². The molecule has 0 bridgehead atoms. The highest BCUT2D eigenvalue weighted by Gasteiger charge is 2.26. The first-order chi connectivity index (χ1) is 7.65. The maximum absolute atomic E-state index is 9.84. The van der Waals surface area contributed by atoms with Crippen LogP contribution in [0.5, 0.6) is 0 Å². The maximum Gasteiger partial charge on any atom is 0.0689 e. The van der Waals surface area contributed by atoms with Gasteiger partial charge in [-0.05, 0) is 24.7 Å². The Hall–Kier alpha value is -0.120. The van der Waals surface area contributed by atoms with Crippen LogP contribution in [0.15, 0.2) is 0 Å². The Bertz CT molecular complexity index is 208. The molecule has 0 aromatic rings. The molecular formula is C13H26N2O. The standard InChI is InChI=1S/C13H26N2O/c1-11(2)13(16)10-15-7-5-14(6-8-15)9-12-3-4-12/h11-13,16H,3-10H2,1-2H3. The Balaban J connectivity index is 1.64. The van der Waals surface area contributed by atoms with Gasteiger partial charge in [0, 0.05) is 39.3 Å². The van der Waals surface area contributed by atoms with Crippen molar-refractivity contribution in [3.05, 3.63) is 0 Å². The lowest BCUT2D eigenvalue weighted by Gasteiger charge is -2.36. The maximum atomic E-state index is 9.84. The van der Waals surface area contributed by atoms with Gasteiger partial charge in [0.25, 0.3) is 0 Å². The van der Waals surface area contributed by atoms with E-state index in [0.29, 0.717) is 5.92 Å². The van der Waals surface area contributed by atoms with E-state index in [1.807, 2.05) is 0 Å². The third-order valence-corrected chi connectivity index (χ3v) is 3.89. The Morgan fingerprint density at radius 2 is 1.62 bits per heavy atom. The highest BCUT2D eigenvalue weighted by Crippen LogP contribution is 2.29. The molecule has 1 aliphatic heterocycles. The molecule has 3 nitrogen and oxygen atoms in total. The lowest BCUT2D eigenvalue weighted by molar-refractivity contribution is 0.0489. The second kappa shape index (κ2) is 5.48. The van der Waals surface area contributed by atoms with Gasteiger partial charge in [-0.25, -0.2) is 0 Å². The van der Waals surface area contributed by atoms with Crippen molar-refractivity contribution in [2.24, 2.45) is 11.8 Å². The van der Waals surface area contributed by atoms with Crippen molar-refractivity contribution in [3.63, 3.8) is 0 Å². The molecule has 1 aliphatic carbocycles. The summed E-state index contributed by atoms with van der Waals surface area (Å²) in [5, 5.41) is 9.84. The first-order valence-electron chi connectivity index (χ1n) is 6.78. The lowest BCUT2D eigenvalue weighted by atomic mass is 10.1. The van der Waals surface area contributed by atoms with Crippen molar-refractivity contribution >= 4 is 0 Å². The SMILES string of the molecule is CC(C)C(O)CN1CCN(CC2CC2)CC1. The second-order valence-electron chi connectivity index (χ2n) is 5.86. The van der Waals surface area contributed by atoms with E-state index in [0.717, 1.165) is 25.6 Å². The number of hydrogen-bond acceptors (Lipinski definition) is 3. The molecule has 0 aromatic heterocycles. The summed E-state index contributed by atoms with van der Waals surface area (Å²) in [4.78, 5) is 5.00. The van der Waals surface area contributed by atoms with E-state index in [-0.39, 0.29) is 6.10 Å². The number of nitrogens with zero attached hydrogens (tertiary/aromatic N) is 2. The first-order valence-corrected chi connectivity index (χ1v) is 6.78. The molecule has 1 saturated heterocycles. The van der Waals surface area contributed by atoms with Gasteiger partial charge in [0.05, 0.1) is 6.10 Å². The van der Waals surface area contributed by atoms with E-state index in [1.54, 1.807) is 0 Å². The fraction of sp³-hybridized carbons (Fsp3) is 1.00. The van der Waals surface area contributed by atoms with Gasteiger partial charge in [0.15, 0.2) is 0 Å². The van der Waals surface area contributed by atoms with Gasteiger partial charge in [-0.2, -0.15) is 0 Å². The van der Waals surface area contributed by atoms with Crippen LogP contribution >= 0.6 is 0 Å². The predicted molar refractivity (Wildman–Crippen MR) is 66.4 cm³/mol. The molecule has 1 atom stereocenters. The zero-order valence-corrected chi connectivity index (χ0v) is 10.7. The molecule has 2 fully saturated rings. The fourth-order valence-electron chi connectivity index (χ4n) is 2.30. The largest absolute Gasteiger partial charge is 0.392 e. The van der Waals surface area contributed by atoms with E-state index in [2.05, 4.69) is 23.6 Å². The monoisotopic (exact) mass is 226 g/mol. The molecule has 1 unspecified atom stereocenters. The Morgan fingerprint density at radius 1 is 1.06 bits per heavy atom. The summed E-state index contributed by atoms with van der Waals surface area (Å²) in [6.07, 6.45) is 2.74. The summed E-state index contributed by atoms with van der Waals surface area (Å²) < 4.78 is 0. The minimum atomic E-state index is -0.157. The molecule has 2 aliphatic rings. The first kappa shape index (κ1) is 12.3. The molecule has 1 saturated carbocycles. The van der Waals surface area contributed by atoms with Gasteiger partial charge in [0.1, 0.15) is 0 Å². The quantitative estimate of drug-likeness (QED) is 0.758. The van der Waals surface area contributed by atoms with Crippen molar-refractivity contribution in [3.8, 4) is 0 Å². The van der Waals surface area contributed by atoms with Crippen LogP contribution in [0.4, 0.5) is 0 Å². The second-order valence-corrected chi connectivity index (χ2v) is 5.86. The molecule has 1 heterocycles. The normalized spacial score (nSPS) is 26.2. The third-order valence-electron chi connectivity index (χ3n) is 3.89. The number of hydrogen-bond donors (Lipinski definition) is 1. The van der Waals surface area contributed by atoms with Crippen LogP contribution < -0.4 is 0 Å². The molecule has 3 heteroatoms. The van der Waals surface area contributed by atoms with Gasteiger partial charge in [-0.3, -0.25) is 4.90 Å². The molecule has 94 valence electrons. The van der Waals surface area contributed by atoms with Crippen LogP contribution in [-0.2, 0) is 0 Å². The highest BCUT2D eigenvalue weighted by atomic mass is 16.3. The zero-order chi connectivity index (χ0) is 11.5. The molecule has 2 rings (SSSR count). The number of β-amino-alcohol motifs (C(OH)–C–C–N with tert-alkyl or cyclic N) is 1. The molecule has 1 N–H and O–H groups in total. The fourth-order valence-corrected chi connectivity index (χ4v) is 2.30. The summed E-state index contributed by atoms with van der Waals surface area (Å²) >= 11 is 0. The summed E-state index contributed by atoms with van der Waals surface area (Å²) in [7, 11) is 0. The van der Waals surface area contributed by atoms with Crippen LogP contribution in [0, 0.1) is 11.8 Å². The molecule has 0 amide bonds. The van der Waals surface area contributed by atoms with Crippen LogP contribution in [-0.4, -0.2) is 60.3 Å². The van der Waals surface area contributed by atoms with Gasteiger partial charge in [-0.1, -0.05) is 13.8 Å². The average Bonchev–Trinajstić information content (AvgIpc) is 3.04. The molecule has 0 radical (unpaired) electrons.